The number of anilines is 1. The van der Waals surface area contributed by atoms with Crippen LogP contribution >= 0.6 is 11.8 Å². The van der Waals surface area contributed by atoms with Gasteiger partial charge < -0.3 is 15.7 Å². The summed E-state index contributed by atoms with van der Waals surface area (Å²) in [6.45, 7) is 2.51. The van der Waals surface area contributed by atoms with Crippen LogP contribution in [0.2, 0.25) is 0 Å². The predicted octanol–water partition coefficient (Wildman–Crippen LogP) is 4.49. The monoisotopic (exact) mass is 376 g/mol. The molecule has 1 heterocycles. The molecular weight excluding hydrogens is 356 g/mol. The first-order valence-corrected chi connectivity index (χ1v) is 9.61. The zero-order chi connectivity index (χ0) is 18.8. The van der Waals surface area contributed by atoms with Crippen molar-refractivity contribution in [2.45, 2.75) is 29.5 Å². The van der Waals surface area contributed by atoms with Crippen LogP contribution in [0.3, 0.4) is 0 Å². The van der Waals surface area contributed by atoms with Gasteiger partial charge in [0.15, 0.2) is 6.23 Å². The Hall–Kier alpha value is -2.76. The van der Waals surface area contributed by atoms with E-state index in [1.165, 1.54) is 5.56 Å². The fourth-order valence-electron chi connectivity index (χ4n) is 3.12. The summed E-state index contributed by atoms with van der Waals surface area (Å²) in [6, 6.07) is 21.4. The number of amides is 1. The number of hydrogen-bond acceptors (Lipinski definition) is 4. The molecule has 1 aliphatic rings. The highest BCUT2D eigenvalue weighted by molar-refractivity contribution is 7.99. The lowest BCUT2D eigenvalue weighted by atomic mass is 10.1. The van der Waals surface area contributed by atoms with Crippen molar-refractivity contribution in [2.24, 2.45) is 0 Å². The predicted molar refractivity (Wildman–Crippen MR) is 108 cm³/mol. The Kier molecular flexibility index (Phi) is 4.88. The van der Waals surface area contributed by atoms with Gasteiger partial charge in [-0.25, -0.2) is 0 Å². The molecule has 3 N–H and O–H groups in total. The van der Waals surface area contributed by atoms with Gasteiger partial charge in [0.05, 0.1) is 5.69 Å². The number of benzene rings is 3. The van der Waals surface area contributed by atoms with Crippen LogP contribution < -0.4 is 10.6 Å². The van der Waals surface area contributed by atoms with E-state index in [9.17, 15) is 9.90 Å². The smallest absolute Gasteiger partial charge is 0.251 e. The van der Waals surface area contributed by atoms with Crippen molar-refractivity contribution in [3.8, 4) is 0 Å². The highest BCUT2D eigenvalue weighted by atomic mass is 32.2. The van der Waals surface area contributed by atoms with Gasteiger partial charge in [-0.1, -0.05) is 59.8 Å². The molecule has 0 bridgehead atoms. The number of nitrogens with one attached hydrogen (secondary N) is 2. The summed E-state index contributed by atoms with van der Waals surface area (Å²) in [5.41, 5.74) is 4.39. The van der Waals surface area contributed by atoms with Gasteiger partial charge in [0.25, 0.3) is 5.91 Å². The van der Waals surface area contributed by atoms with Crippen molar-refractivity contribution in [2.75, 3.05) is 5.32 Å². The Morgan fingerprint density at radius 3 is 2.78 bits per heavy atom. The average Bonchev–Trinajstić information content (AvgIpc) is 2.81. The molecule has 3 aromatic carbocycles. The minimum Gasteiger partial charge on any atom is -0.369 e. The van der Waals surface area contributed by atoms with Crippen molar-refractivity contribution in [1.82, 2.24) is 5.32 Å². The zero-order valence-electron chi connectivity index (χ0n) is 14.9. The highest BCUT2D eigenvalue weighted by Gasteiger charge is 2.20. The molecule has 0 aliphatic carbocycles. The highest BCUT2D eigenvalue weighted by Crippen LogP contribution is 2.41. The maximum Gasteiger partial charge on any atom is 0.251 e. The third-order valence-corrected chi connectivity index (χ3v) is 5.67. The van der Waals surface area contributed by atoms with E-state index in [0.717, 1.165) is 26.6 Å². The second kappa shape index (κ2) is 7.47. The summed E-state index contributed by atoms with van der Waals surface area (Å²) in [4.78, 5) is 14.6. The first-order valence-electron chi connectivity index (χ1n) is 8.79. The normalized spacial score (nSPS) is 15.1. The summed E-state index contributed by atoms with van der Waals surface area (Å²) < 4.78 is 0. The maximum absolute atomic E-state index is 12.6. The summed E-state index contributed by atoms with van der Waals surface area (Å²) in [5.74, 6) is -0.137. The minimum atomic E-state index is -0.805. The fraction of sp³-hybridized carbons (Fsp3) is 0.136. The Bertz CT molecular complexity index is 1000. The van der Waals surface area contributed by atoms with Crippen molar-refractivity contribution in [3.63, 3.8) is 0 Å². The molecule has 1 amide bonds. The van der Waals surface area contributed by atoms with Crippen LogP contribution in [0.4, 0.5) is 5.69 Å². The fourth-order valence-corrected chi connectivity index (χ4v) is 4.17. The van der Waals surface area contributed by atoms with E-state index < -0.39 is 6.23 Å². The molecular formula is C22H20N2O2S. The van der Waals surface area contributed by atoms with Gasteiger partial charge in [0.1, 0.15) is 0 Å². The van der Waals surface area contributed by atoms with Crippen LogP contribution in [0.5, 0.6) is 0 Å². The maximum atomic E-state index is 12.6. The van der Waals surface area contributed by atoms with Gasteiger partial charge in [0, 0.05) is 27.5 Å². The zero-order valence-corrected chi connectivity index (χ0v) is 15.7. The number of carbonyl (C=O) groups excluding carboxylic acids is 1. The average molecular weight is 376 g/mol. The number of fused-ring (bicyclic) bond motifs is 2. The van der Waals surface area contributed by atoms with Crippen LogP contribution in [-0.2, 0) is 6.54 Å². The SMILES string of the molecule is Cc1cccc(CNC(=O)c2ccc3c(c2)NC(O)c2ccccc2S3)c1. The Balaban J connectivity index is 1.53. The third-order valence-electron chi connectivity index (χ3n) is 4.50. The largest absolute Gasteiger partial charge is 0.369 e. The van der Waals surface area contributed by atoms with Crippen LogP contribution in [0.1, 0.15) is 33.3 Å². The molecule has 4 nitrogen and oxygen atoms in total. The molecule has 4 rings (SSSR count). The van der Waals surface area contributed by atoms with E-state index in [-0.39, 0.29) is 5.91 Å². The quantitative estimate of drug-likeness (QED) is 0.630. The van der Waals surface area contributed by atoms with Crippen LogP contribution in [0.25, 0.3) is 0 Å². The number of aryl methyl sites for hydroxylation is 1. The summed E-state index contributed by atoms with van der Waals surface area (Å²) in [6.07, 6.45) is -0.805. The summed E-state index contributed by atoms with van der Waals surface area (Å²) >= 11 is 1.59. The topological polar surface area (TPSA) is 61.4 Å². The van der Waals surface area contributed by atoms with Crippen molar-refractivity contribution >= 4 is 23.4 Å². The molecule has 136 valence electrons. The van der Waals surface area contributed by atoms with Crippen LogP contribution in [-0.4, -0.2) is 11.0 Å². The van der Waals surface area contributed by atoms with E-state index in [1.807, 2.05) is 61.5 Å². The van der Waals surface area contributed by atoms with Gasteiger partial charge in [0.2, 0.25) is 0 Å². The molecule has 0 saturated heterocycles. The van der Waals surface area contributed by atoms with E-state index >= 15 is 0 Å². The van der Waals surface area contributed by atoms with Crippen LogP contribution in [0, 0.1) is 6.92 Å². The molecule has 0 spiro atoms. The Morgan fingerprint density at radius 2 is 1.93 bits per heavy atom. The van der Waals surface area contributed by atoms with Crippen LogP contribution in [0.15, 0.2) is 76.5 Å². The first kappa shape index (κ1) is 17.6. The van der Waals surface area contributed by atoms with E-state index in [4.69, 9.17) is 0 Å². The molecule has 0 radical (unpaired) electrons. The van der Waals surface area contributed by atoms with Gasteiger partial charge in [-0.3, -0.25) is 4.79 Å². The molecule has 3 aromatic rings. The van der Waals surface area contributed by atoms with Crippen molar-refractivity contribution < 1.29 is 9.90 Å². The molecule has 0 aromatic heterocycles. The molecule has 1 unspecified atom stereocenters. The van der Waals surface area contributed by atoms with Gasteiger partial charge in [-0.15, -0.1) is 0 Å². The van der Waals surface area contributed by atoms with E-state index in [0.29, 0.717) is 12.1 Å². The lowest BCUT2D eigenvalue weighted by Crippen LogP contribution is -2.23. The third kappa shape index (κ3) is 3.84. The lowest BCUT2D eigenvalue weighted by molar-refractivity contribution is 0.0950. The molecule has 0 saturated carbocycles. The molecule has 1 aliphatic heterocycles. The number of carbonyl (C=O) groups is 1. The number of rotatable bonds is 3. The second-order valence-electron chi connectivity index (χ2n) is 6.57. The van der Waals surface area contributed by atoms with Gasteiger partial charge in [-0.2, -0.15) is 0 Å². The summed E-state index contributed by atoms with van der Waals surface area (Å²) in [5, 5.41) is 16.5. The first-order chi connectivity index (χ1) is 13.1. The molecule has 1 atom stereocenters. The number of aliphatic hydroxyl groups excluding tert-OH is 1. The van der Waals surface area contributed by atoms with E-state index in [2.05, 4.69) is 16.7 Å². The standard InChI is InChI=1S/C22H20N2O2S/c1-14-5-4-6-15(11-14)13-23-21(25)16-9-10-20-18(12-16)24-22(26)17-7-2-3-8-19(17)27-20/h2-12,22,24,26H,13H2,1H3,(H,23,25). The molecule has 0 fully saturated rings. The van der Waals surface area contributed by atoms with E-state index in [1.54, 1.807) is 17.8 Å². The minimum absolute atomic E-state index is 0.137. The Labute approximate surface area is 162 Å². The van der Waals surface area contributed by atoms with Gasteiger partial charge >= 0.3 is 0 Å². The van der Waals surface area contributed by atoms with Gasteiger partial charge in [-0.05, 0) is 36.8 Å². The molecule has 27 heavy (non-hydrogen) atoms. The Morgan fingerprint density at radius 1 is 1.07 bits per heavy atom. The molecule has 5 heteroatoms. The second-order valence-corrected chi connectivity index (χ2v) is 7.65. The van der Waals surface area contributed by atoms with Crippen molar-refractivity contribution in [1.29, 1.82) is 0 Å². The van der Waals surface area contributed by atoms with Crippen molar-refractivity contribution in [3.05, 3.63) is 89.0 Å². The number of aliphatic hydroxyl groups is 1. The summed E-state index contributed by atoms with van der Waals surface area (Å²) in [7, 11) is 0. The number of hydrogen-bond donors (Lipinski definition) is 3. The lowest BCUT2D eigenvalue weighted by Gasteiger charge is -2.14.